The van der Waals surface area contributed by atoms with Crippen molar-refractivity contribution in [3.05, 3.63) is 29.8 Å². The molecule has 0 spiro atoms. The van der Waals surface area contributed by atoms with Crippen LogP contribution in [0.4, 0.5) is 0 Å². The van der Waals surface area contributed by atoms with E-state index in [0.717, 1.165) is 10.5 Å². The van der Waals surface area contributed by atoms with E-state index in [1.54, 1.807) is 18.7 Å². The molecule has 5 nitrogen and oxygen atoms in total. The van der Waals surface area contributed by atoms with Crippen molar-refractivity contribution in [2.75, 3.05) is 26.3 Å². The van der Waals surface area contributed by atoms with E-state index >= 15 is 0 Å². The van der Waals surface area contributed by atoms with Crippen molar-refractivity contribution in [2.45, 2.75) is 44.5 Å². The summed E-state index contributed by atoms with van der Waals surface area (Å²) in [6.07, 6.45) is 0. The first-order chi connectivity index (χ1) is 11.4. The van der Waals surface area contributed by atoms with Gasteiger partial charge in [-0.25, -0.2) is 0 Å². The SMILES string of the molecule is CCOP(=O)(OCC)[C@H](Sc1ccc(C)cc1)C(=O)N(CC)CC. The lowest BCUT2D eigenvalue weighted by atomic mass is 10.2. The lowest BCUT2D eigenvalue weighted by Gasteiger charge is -2.29. The van der Waals surface area contributed by atoms with Crippen LogP contribution >= 0.6 is 19.4 Å². The van der Waals surface area contributed by atoms with Crippen molar-refractivity contribution in [1.29, 1.82) is 0 Å². The van der Waals surface area contributed by atoms with E-state index in [9.17, 15) is 9.36 Å². The van der Waals surface area contributed by atoms with Gasteiger partial charge in [0.1, 0.15) is 0 Å². The van der Waals surface area contributed by atoms with Crippen LogP contribution < -0.4 is 0 Å². The lowest BCUT2D eigenvalue weighted by molar-refractivity contribution is -0.129. The molecule has 7 heteroatoms. The highest BCUT2D eigenvalue weighted by Gasteiger charge is 2.43. The normalized spacial score (nSPS) is 12.9. The topological polar surface area (TPSA) is 55.8 Å². The molecular weight excluding hydrogens is 345 g/mol. The van der Waals surface area contributed by atoms with Crippen LogP contribution in [0.5, 0.6) is 0 Å². The van der Waals surface area contributed by atoms with Crippen molar-refractivity contribution in [3.8, 4) is 0 Å². The average molecular weight is 373 g/mol. The monoisotopic (exact) mass is 373 g/mol. The van der Waals surface area contributed by atoms with Gasteiger partial charge in [0, 0.05) is 18.0 Å². The standard InChI is InChI=1S/C17H28NO4PS/c1-6-18(7-2)16(19)17(23(20,21-8-3)22-9-4)24-15-12-10-14(5)11-13-15/h10-13,17H,6-9H2,1-5H3/t17-/m1/s1. The molecule has 0 radical (unpaired) electrons. The number of rotatable bonds is 10. The maximum atomic E-state index is 13.2. The summed E-state index contributed by atoms with van der Waals surface area (Å²) in [5, 5.41) is 0. The van der Waals surface area contributed by atoms with Crippen LogP contribution in [0.2, 0.25) is 0 Å². The Bertz CT molecular complexity index is 550. The van der Waals surface area contributed by atoms with Crippen molar-refractivity contribution >= 4 is 25.3 Å². The minimum Gasteiger partial charge on any atom is -0.342 e. The highest BCUT2D eigenvalue weighted by Crippen LogP contribution is 2.58. The van der Waals surface area contributed by atoms with Crippen LogP contribution in [-0.2, 0) is 18.4 Å². The Kier molecular flexibility index (Phi) is 9.06. The lowest BCUT2D eigenvalue weighted by Crippen LogP contribution is -2.38. The first-order valence-electron chi connectivity index (χ1n) is 8.32. The maximum absolute atomic E-state index is 13.2. The van der Waals surface area contributed by atoms with E-state index < -0.39 is 12.6 Å². The van der Waals surface area contributed by atoms with E-state index in [1.807, 2.05) is 45.0 Å². The molecule has 1 atom stereocenters. The minimum atomic E-state index is -3.57. The predicted octanol–water partition coefficient (Wildman–Crippen LogP) is 4.55. The van der Waals surface area contributed by atoms with Gasteiger partial charge >= 0.3 is 7.60 Å². The van der Waals surface area contributed by atoms with E-state index in [-0.39, 0.29) is 19.1 Å². The van der Waals surface area contributed by atoms with Crippen molar-refractivity contribution in [2.24, 2.45) is 0 Å². The summed E-state index contributed by atoms with van der Waals surface area (Å²) in [4.78, 5) is 14.6. The Morgan fingerprint density at radius 2 is 1.58 bits per heavy atom. The first kappa shape index (κ1) is 21.2. The maximum Gasteiger partial charge on any atom is 0.353 e. The second-order valence-corrected chi connectivity index (χ2v) is 8.81. The molecule has 0 heterocycles. The van der Waals surface area contributed by atoms with Crippen LogP contribution in [0.1, 0.15) is 33.3 Å². The third-order valence-electron chi connectivity index (χ3n) is 3.46. The molecule has 1 amide bonds. The van der Waals surface area contributed by atoms with Gasteiger partial charge in [0.2, 0.25) is 5.91 Å². The zero-order valence-electron chi connectivity index (χ0n) is 15.2. The van der Waals surface area contributed by atoms with Crippen molar-refractivity contribution in [3.63, 3.8) is 0 Å². The number of hydrogen-bond acceptors (Lipinski definition) is 5. The van der Waals surface area contributed by atoms with Gasteiger partial charge in [-0.15, -0.1) is 0 Å². The first-order valence-corrected chi connectivity index (χ1v) is 10.8. The number of thioether (sulfide) groups is 1. The molecule has 24 heavy (non-hydrogen) atoms. The fourth-order valence-corrected chi connectivity index (χ4v) is 5.77. The van der Waals surface area contributed by atoms with Crippen LogP contribution in [0, 0.1) is 6.92 Å². The van der Waals surface area contributed by atoms with Crippen LogP contribution in [0.15, 0.2) is 29.2 Å². The molecule has 0 unspecified atom stereocenters. The Labute approximate surface area is 149 Å². The molecule has 0 aromatic heterocycles. The highest BCUT2D eigenvalue weighted by atomic mass is 32.2. The zero-order valence-corrected chi connectivity index (χ0v) is 16.9. The van der Waals surface area contributed by atoms with Gasteiger partial charge in [-0.3, -0.25) is 9.36 Å². The number of nitrogens with zero attached hydrogens (tertiary/aromatic N) is 1. The number of benzene rings is 1. The second kappa shape index (κ2) is 10.2. The molecule has 0 aliphatic rings. The largest absolute Gasteiger partial charge is 0.353 e. The minimum absolute atomic E-state index is 0.212. The smallest absolute Gasteiger partial charge is 0.342 e. The van der Waals surface area contributed by atoms with Gasteiger partial charge < -0.3 is 13.9 Å². The van der Waals surface area contributed by atoms with E-state index in [0.29, 0.717) is 13.1 Å². The summed E-state index contributed by atoms with van der Waals surface area (Å²) in [6.45, 7) is 10.9. The number of aryl methyl sites for hydroxylation is 1. The molecule has 0 fully saturated rings. The number of hydrogen-bond donors (Lipinski definition) is 0. The Hall–Kier alpha value is -0.810. The molecule has 0 saturated heterocycles. The zero-order chi connectivity index (χ0) is 18.2. The van der Waals surface area contributed by atoms with Gasteiger partial charge in [-0.1, -0.05) is 29.5 Å². The van der Waals surface area contributed by atoms with E-state index in [1.165, 1.54) is 11.8 Å². The Morgan fingerprint density at radius 1 is 1.08 bits per heavy atom. The average Bonchev–Trinajstić information content (AvgIpc) is 2.55. The highest BCUT2D eigenvalue weighted by molar-refractivity contribution is 8.06. The van der Waals surface area contributed by atoms with Crippen LogP contribution in [0.3, 0.4) is 0 Å². The van der Waals surface area contributed by atoms with Crippen molar-refractivity contribution in [1.82, 2.24) is 4.90 Å². The molecule has 0 bridgehead atoms. The molecule has 0 saturated carbocycles. The number of amides is 1. The molecule has 0 N–H and O–H groups in total. The molecule has 1 rings (SSSR count). The molecule has 1 aromatic carbocycles. The third-order valence-corrected chi connectivity index (χ3v) is 7.55. The summed E-state index contributed by atoms with van der Waals surface area (Å²) < 4.78 is 24.2. The summed E-state index contributed by atoms with van der Waals surface area (Å²) in [5.41, 5.74) is 1.13. The van der Waals surface area contributed by atoms with Crippen molar-refractivity contribution < 1.29 is 18.4 Å². The van der Waals surface area contributed by atoms with Crippen LogP contribution in [0.25, 0.3) is 0 Å². The molecule has 136 valence electrons. The molecular formula is C17H28NO4PS. The van der Waals surface area contributed by atoms with E-state index in [2.05, 4.69) is 0 Å². The third kappa shape index (κ3) is 5.62. The summed E-state index contributed by atoms with van der Waals surface area (Å²) in [6, 6.07) is 7.77. The second-order valence-electron chi connectivity index (χ2n) is 5.17. The van der Waals surface area contributed by atoms with Gasteiger partial charge in [-0.2, -0.15) is 0 Å². The molecule has 1 aromatic rings. The summed E-state index contributed by atoms with van der Waals surface area (Å²) in [5.74, 6) is -0.212. The summed E-state index contributed by atoms with van der Waals surface area (Å²) >= 11 is 1.25. The molecule has 0 aliphatic carbocycles. The molecule has 0 aliphatic heterocycles. The Balaban J connectivity index is 3.20. The predicted molar refractivity (Wildman–Crippen MR) is 99.6 cm³/mol. The quantitative estimate of drug-likeness (QED) is 0.445. The fourth-order valence-electron chi connectivity index (χ4n) is 2.22. The Morgan fingerprint density at radius 3 is 2.00 bits per heavy atom. The van der Waals surface area contributed by atoms with Gasteiger partial charge in [-0.05, 0) is 46.8 Å². The van der Waals surface area contributed by atoms with E-state index in [4.69, 9.17) is 9.05 Å². The van der Waals surface area contributed by atoms with Gasteiger partial charge in [0.15, 0.2) is 4.99 Å². The summed E-state index contributed by atoms with van der Waals surface area (Å²) in [7, 11) is -3.57. The van der Waals surface area contributed by atoms with Gasteiger partial charge in [0.25, 0.3) is 0 Å². The van der Waals surface area contributed by atoms with Crippen LogP contribution in [-0.4, -0.2) is 42.1 Å². The number of carbonyl (C=O) groups is 1. The fraction of sp³-hybridized carbons (Fsp3) is 0.588. The van der Waals surface area contributed by atoms with Gasteiger partial charge in [0.05, 0.1) is 13.2 Å². The number of carbonyl (C=O) groups excluding carboxylic acids is 1.